The minimum absolute atomic E-state index is 0.0142. The van der Waals surface area contributed by atoms with Crippen molar-refractivity contribution in [3.05, 3.63) is 39.9 Å². The summed E-state index contributed by atoms with van der Waals surface area (Å²) in [5.41, 5.74) is 0.546. The number of amides is 1. The predicted octanol–water partition coefficient (Wildman–Crippen LogP) is -0.945. The Morgan fingerprint density at radius 3 is 2.48 bits per heavy atom. The number of nitrogens with one attached hydrogen (secondary N) is 1. The number of ether oxygens (including phenoxy) is 2. The van der Waals surface area contributed by atoms with E-state index in [2.05, 4.69) is 5.32 Å². The average molecular weight is 356 g/mol. The maximum atomic E-state index is 11.3. The van der Waals surface area contributed by atoms with Crippen LogP contribution in [-0.2, 0) is 20.9 Å². The van der Waals surface area contributed by atoms with Gasteiger partial charge in [0.1, 0.15) is 24.4 Å². The van der Waals surface area contributed by atoms with Gasteiger partial charge in [-0.1, -0.05) is 0 Å². The number of aliphatic hydroxyl groups excluding tert-OH is 3. The number of nitro benzene ring substituents is 1. The molecular formula is C15H20N2O8. The van der Waals surface area contributed by atoms with Gasteiger partial charge in [0, 0.05) is 19.1 Å². The highest BCUT2D eigenvalue weighted by Crippen LogP contribution is 2.23. The van der Waals surface area contributed by atoms with Gasteiger partial charge in [0.25, 0.3) is 5.69 Å². The van der Waals surface area contributed by atoms with E-state index in [4.69, 9.17) is 9.47 Å². The molecule has 0 aliphatic carbocycles. The number of non-ortho nitro benzene ring substituents is 1. The molecule has 1 aliphatic rings. The van der Waals surface area contributed by atoms with E-state index < -0.39 is 48.1 Å². The van der Waals surface area contributed by atoms with E-state index in [0.717, 1.165) is 0 Å². The van der Waals surface area contributed by atoms with Crippen molar-refractivity contribution < 1.29 is 34.5 Å². The average Bonchev–Trinajstić information content (AvgIpc) is 2.58. The number of nitrogens with zero attached hydrogens (tertiary/aromatic N) is 1. The highest BCUT2D eigenvalue weighted by molar-refractivity contribution is 5.73. The lowest BCUT2D eigenvalue weighted by atomic mass is 9.97. The van der Waals surface area contributed by atoms with E-state index in [-0.39, 0.29) is 12.3 Å². The smallest absolute Gasteiger partial charge is 0.269 e. The molecule has 1 saturated heterocycles. The number of hydrogen-bond donors (Lipinski definition) is 4. The number of aliphatic hydroxyl groups is 3. The summed E-state index contributed by atoms with van der Waals surface area (Å²) in [6, 6.07) is 4.61. The lowest BCUT2D eigenvalue weighted by molar-refractivity contribution is -0.384. The molecule has 10 nitrogen and oxygen atoms in total. The zero-order valence-electron chi connectivity index (χ0n) is 13.4. The zero-order chi connectivity index (χ0) is 18.6. The maximum Gasteiger partial charge on any atom is 0.269 e. The fraction of sp³-hybridized carbons (Fsp3) is 0.533. The first kappa shape index (κ1) is 19.2. The molecular weight excluding hydrogens is 336 g/mol. The highest BCUT2D eigenvalue weighted by atomic mass is 16.7. The number of carbonyl (C=O) groups excluding carboxylic acids is 1. The molecule has 0 unspecified atom stereocenters. The summed E-state index contributed by atoms with van der Waals surface area (Å²) in [5, 5.41) is 42.4. The Balaban J connectivity index is 2.07. The van der Waals surface area contributed by atoms with E-state index in [0.29, 0.717) is 5.56 Å². The fourth-order valence-electron chi connectivity index (χ4n) is 2.51. The fourth-order valence-corrected chi connectivity index (χ4v) is 2.51. The summed E-state index contributed by atoms with van der Waals surface area (Å²) in [6.45, 7) is 0.687. The maximum absolute atomic E-state index is 11.3. The lowest BCUT2D eigenvalue weighted by Gasteiger charge is -2.42. The molecule has 25 heavy (non-hydrogen) atoms. The third-order valence-corrected chi connectivity index (χ3v) is 3.81. The third kappa shape index (κ3) is 4.71. The predicted molar refractivity (Wildman–Crippen MR) is 83.3 cm³/mol. The second-order valence-corrected chi connectivity index (χ2v) is 5.67. The largest absolute Gasteiger partial charge is 0.394 e. The molecule has 0 spiro atoms. The lowest BCUT2D eigenvalue weighted by Crippen LogP contribution is -2.64. The minimum atomic E-state index is -1.39. The van der Waals surface area contributed by atoms with Gasteiger partial charge in [0.2, 0.25) is 5.91 Å². The van der Waals surface area contributed by atoms with Crippen molar-refractivity contribution >= 4 is 11.6 Å². The summed E-state index contributed by atoms with van der Waals surface area (Å²) < 4.78 is 11.0. The number of benzene rings is 1. The van der Waals surface area contributed by atoms with E-state index >= 15 is 0 Å². The van der Waals surface area contributed by atoms with Crippen LogP contribution in [0.3, 0.4) is 0 Å². The van der Waals surface area contributed by atoms with Crippen molar-refractivity contribution in [3.8, 4) is 0 Å². The second-order valence-electron chi connectivity index (χ2n) is 5.67. The summed E-state index contributed by atoms with van der Waals surface area (Å²) in [4.78, 5) is 21.4. The van der Waals surface area contributed by atoms with Crippen molar-refractivity contribution in [1.29, 1.82) is 0 Å². The Labute approximate surface area is 143 Å². The molecule has 0 bridgehead atoms. The molecule has 5 atom stereocenters. The van der Waals surface area contributed by atoms with Crippen LogP contribution >= 0.6 is 0 Å². The van der Waals surface area contributed by atoms with Gasteiger partial charge in [-0.3, -0.25) is 14.9 Å². The molecule has 0 radical (unpaired) electrons. The molecule has 1 heterocycles. The number of rotatable bonds is 6. The monoisotopic (exact) mass is 356 g/mol. The number of nitro groups is 1. The topological polar surface area (TPSA) is 151 Å². The third-order valence-electron chi connectivity index (χ3n) is 3.81. The Kier molecular flexibility index (Phi) is 6.39. The summed E-state index contributed by atoms with van der Waals surface area (Å²) >= 11 is 0. The quantitative estimate of drug-likeness (QED) is 0.376. The van der Waals surface area contributed by atoms with Crippen LogP contribution < -0.4 is 5.32 Å². The Hall–Kier alpha value is -2.11. The van der Waals surface area contributed by atoms with Crippen LogP contribution in [0.25, 0.3) is 0 Å². The van der Waals surface area contributed by atoms with E-state index in [9.17, 15) is 30.2 Å². The SMILES string of the molecule is CC(=O)N[C@@H]1[C@@H](OCc2ccc([N+](=O)[O-])cc2)O[C@@H](CO)[C@@H](O)[C@@H]1O. The molecule has 4 N–H and O–H groups in total. The first-order chi connectivity index (χ1) is 11.8. The summed E-state index contributed by atoms with van der Waals surface area (Å²) in [7, 11) is 0. The number of hydrogen-bond acceptors (Lipinski definition) is 8. The molecule has 0 aromatic heterocycles. The van der Waals surface area contributed by atoms with Gasteiger partial charge in [0.15, 0.2) is 6.29 Å². The molecule has 138 valence electrons. The summed E-state index contributed by atoms with van der Waals surface area (Å²) in [6.07, 6.45) is -4.96. The van der Waals surface area contributed by atoms with Crippen LogP contribution in [0.2, 0.25) is 0 Å². The van der Waals surface area contributed by atoms with Gasteiger partial charge < -0.3 is 30.1 Å². The van der Waals surface area contributed by atoms with E-state index in [1.165, 1.54) is 31.2 Å². The molecule has 2 rings (SSSR count). The minimum Gasteiger partial charge on any atom is -0.394 e. The Morgan fingerprint density at radius 2 is 1.96 bits per heavy atom. The molecule has 1 amide bonds. The van der Waals surface area contributed by atoms with Crippen molar-refractivity contribution in [2.24, 2.45) is 0 Å². The number of carbonyl (C=O) groups is 1. The van der Waals surface area contributed by atoms with Crippen LogP contribution in [-0.4, -0.2) is 63.4 Å². The Morgan fingerprint density at radius 1 is 1.32 bits per heavy atom. The van der Waals surface area contributed by atoms with Crippen LogP contribution in [0.5, 0.6) is 0 Å². The van der Waals surface area contributed by atoms with Crippen LogP contribution in [0.1, 0.15) is 12.5 Å². The molecule has 1 aromatic rings. The standard InChI is InChI=1S/C15H20N2O8/c1-8(19)16-12-14(21)13(20)11(6-18)25-15(12)24-7-9-2-4-10(5-3-9)17(22)23/h2-5,11-15,18,20-21H,6-7H2,1H3,(H,16,19)/t11-,12-,13+,14+,15-/m0/s1. The van der Waals surface area contributed by atoms with E-state index in [1.807, 2.05) is 0 Å². The van der Waals surface area contributed by atoms with Crippen molar-refractivity contribution in [3.63, 3.8) is 0 Å². The Bertz CT molecular complexity index is 608. The van der Waals surface area contributed by atoms with Crippen LogP contribution in [0, 0.1) is 10.1 Å². The molecule has 1 aromatic carbocycles. The van der Waals surface area contributed by atoms with Gasteiger partial charge in [-0.05, 0) is 17.7 Å². The van der Waals surface area contributed by atoms with Gasteiger partial charge in [0.05, 0.1) is 18.1 Å². The summed E-state index contributed by atoms with van der Waals surface area (Å²) in [5.74, 6) is -0.453. The normalized spacial score (nSPS) is 29.2. The first-order valence-electron chi connectivity index (χ1n) is 7.58. The van der Waals surface area contributed by atoms with Crippen molar-refractivity contribution in [1.82, 2.24) is 5.32 Å². The van der Waals surface area contributed by atoms with Crippen molar-refractivity contribution in [2.75, 3.05) is 6.61 Å². The zero-order valence-corrected chi connectivity index (χ0v) is 13.4. The molecule has 1 aliphatic heterocycles. The highest BCUT2D eigenvalue weighted by Gasteiger charge is 2.45. The van der Waals surface area contributed by atoms with Gasteiger partial charge in [-0.15, -0.1) is 0 Å². The molecule has 10 heteroatoms. The van der Waals surface area contributed by atoms with Crippen LogP contribution in [0.4, 0.5) is 5.69 Å². The molecule has 1 fully saturated rings. The van der Waals surface area contributed by atoms with Crippen molar-refractivity contribution in [2.45, 2.75) is 44.2 Å². The molecule has 0 saturated carbocycles. The second kappa shape index (κ2) is 8.32. The van der Waals surface area contributed by atoms with Crippen LogP contribution in [0.15, 0.2) is 24.3 Å². The van der Waals surface area contributed by atoms with E-state index in [1.54, 1.807) is 0 Å². The first-order valence-corrected chi connectivity index (χ1v) is 7.58. The van der Waals surface area contributed by atoms with Gasteiger partial charge >= 0.3 is 0 Å². The van der Waals surface area contributed by atoms with Gasteiger partial charge in [-0.2, -0.15) is 0 Å². The van der Waals surface area contributed by atoms with Gasteiger partial charge in [-0.25, -0.2) is 0 Å².